The second kappa shape index (κ2) is 7.40. The molecule has 0 radical (unpaired) electrons. The number of carbonyl (C=O) groups is 2. The number of hydrogen-bond donors (Lipinski definition) is 1. The zero-order valence-corrected chi connectivity index (χ0v) is 16.0. The number of nitrogens with one attached hydrogen (secondary N) is 1. The Morgan fingerprint density at radius 2 is 1.70 bits per heavy atom. The molecule has 0 saturated carbocycles. The van der Waals surface area contributed by atoms with E-state index in [-0.39, 0.29) is 23.3 Å². The van der Waals surface area contributed by atoms with Crippen molar-refractivity contribution in [2.75, 3.05) is 31.0 Å². The smallest absolute Gasteiger partial charge is 0.264 e. The first-order chi connectivity index (χ1) is 12.8. The summed E-state index contributed by atoms with van der Waals surface area (Å²) < 4.78 is 26.7. The summed E-state index contributed by atoms with van der Waals surface area (Å²) in [6, 6.07) is 13.0. The van der Waals surface area contributed by atoms with Crippen LogP contribution in [0.5, 0.6) is 0 Å². The number of carbonyl (C=O) groups excluding carboxylic acids is 2. The monoisotopic (exact) mass is 387 g/mol. The highest BCUT2D eigenvalue weighted by molar-refractivity contribution is 7.92. The number of aryl methyl sites for hydroxylation is 1. The molecule has 3 rings (SSSR count). The summed E-state index contributed by atoms with van der Waals surface area (Å²) in [5, 5.41) is 2.67. The maximum Gasteiger partial charge on any atom is 0.264 e. The molecule has 0 spiro atoms. The Morgan fingerprint density at radius 3 is 2.30 bits per heavy atom. The van der Waals surface area contributed by atoms with E-state index in [1.165, 1.54) is 16.3 Å². The van der Waals surface area contributed by atoms with E-state index in [1.54, 1.807) is 48.5 Å². The van der Waals surface area contributed by atoms with E-state index in [4.69, 9.17) is 0 Å². The lowest BCUT2D eigenvalue weighted by Gasteiger charge is -2.27. The lowest BCUT2D eigenvalue weighted by atomic mass is 10.1. The van der Waals surface area contributed by atoms with Crippen molar-refractivity contribution < 1.29 is 18.0 Å². The third-order valence-corrected chi connectivity index (χ3v) is 6.28. The largest absolute Gasteiger partial charge is 0.353 e. The molecule has 0 aromatic heterocycles. The van der Waals surface area contributed by atoms with E-state index in [9.17, 15) is 18.0 Å². The number of nitrogens with zero attached hydrogens (tertiary/aromatic N) is 2. The lowest BCUT2D eigenvalue weighted by Crippen LogP contribution is -2.49. The summed E-state index contributed by atoms with van der Waals surface area (Å²) in [5.74, 6) is -0.435. The van der Waals surface area contributed by atoms with Crippen LogP contribution in [-0.4, -0.2) is 51.8 Å². The summed E-state index contributed by atoms with van der Waals surface area (Å²) >= 11 is 0. The number of anilines is 1. The molecule has 0 unspecified atom stereocenters. The zero-order valence-electron chi connectivity index (χ0n) is 15.2. The van der Waals surface area contributed by atoms with Gasteiger partial charge in [-0.2, -0.15) is 0 Å². The van der Waals surface area contributed by atoms with E-state index >= 15 is 0 Å². The highest BCUT2D eigenvalue weighted by Gasteiger charge is 2.24. The summed E-state index contributed by atoms with van der Waals surface area (Å²) in [6.45, 7) is 2.80. The predicted octanol–water partition coefficient (Wildman–Crippen LogP) is 1.39. The highest BCUT2D eigenvalue weighted by Crippen LogP contribution is 2.23. The number of benzene rings is 2. The van der Waals surface area contributed by atoms with E-state index in [0.29, 0.717) is 24.3 Å². The molecule has 1 aliphatic rings. The van der Waals surface area contributed by atoms with Gasteiger partial charge in [0.1, 0.15) is 0 Å². The quantitative estimate of drug-likeness (QED) is 0.859. The molecule has 2 aromatic carbocycles. The van der Waals surface area contributed by atoms with Crippen molar-refractivity contribution in [3.05, 3.63) is 59.7 Å². The van der Waals surface area contributed by atoms with Gasteiger partial charge in [0.25, 0.3) is 15.9 Å². The van der Waals surface area contributed by atoms with Gasteiger partial charge in [-0.3, -0.25) is 13.9 Å². The molecule has 1 aliphatic heterocycles. The van der Waals surface area contributed by atoms with Crippen LogP contribution in [0.15, 0.2) is 53.4 Å². The number of sulfonamides is 1. The minimum absolute atomic E-state index is 0.0301. The molecule has 1 saturated heterocycles. The molecule has 1 N–H and O–H groups in total. The topological polar surface area (TPSA) is 86.8 Å². The molecular formula is C19H21N3O4S. The average molecular weight is 387 g/mol. The Bertz CT molecular complexity index is 953. The fourth-order valence-electron chi connectivity index (χ4n) is 2.82. The Morgan fingerprint density at radius 1 is 1.07 bits per heavy atom. The van der Waals surface area contributed by atoms with Crippen molar-refractivity contribution in [1.29, 1.82) is 0 Å². The number of amides is 2. The van der Waals surface area contributed by atoms with Gasteiger partial charge in [-0.1, -0.05) is 17.7 Å². The maximum atomic E-state index is 12.8. The highest BCUT2D eigenvalue weighted by atomic mass is 32.2. The van der Waals surface area contributed by atoms with Crippen LogP contribution in [0, 0.1) is 6.92 Å². The van der Waals surface area contributed by atoms with Crippen molar-refractivity contribution in [2.45, 2.75) is 11.8 Å². The second-order valence-corrected chi connectivity index (χ2v) is 8.38. The number of hydrogen-bond acceptors (Lipinski definition) is 4. The van der Waals surface area contributed by atoms with Gasteiger partial charge in [0.2, 0.25) is 5.91 Å². The average Bonchev–Trinajstić information content (AvgIpc) is 2.67. The molecule has 142 valence electrons. The van der Waals surface area contributed by atoms with Crippen LogP contribution in [0.1, 0.15) is 15.9 Å². The third kappa shape index (κ3) is 3.95. The third-order valence-electron chi connectivity index (χ3n) is 4.48. The fourth-order valence-corrected chi connectivity index (χ4v) is 4.01. The summed E-state index contributed by atoms with van der Waals surface area (Å²) in [6.07, 6.45) is 0. The first-order valence-electron chi connectivity index (χ1n) is 8.51. The molecule has 0 atom stereocenters. The van der Waals surface area contributed by atoms with E-state index < -0.39 is 10.0 Å². The first kappa shape index (κ1) is 18.9. The molecule has 1 fully saturated rings. The minimum atomic E-state index is -3.68. The second-order valence-electron chi connectivity index (χ2n) is 6.41. The van der Waals surface area contributed by atoms with Crippen molar-refractivity contribution in [2.24, 2.45) is 0 Å². The molecule has 2 aromatic rings. The lowest BCUT2D eigenvalue weighted by molar-refractivity contribution is -0.123. The van der Waals surface area contributed by atoms with Gasteiger partial charge in [-0.05, 0) is 43.3 Å². The van der Waals surface area contributed by atoms with Crippen LogP contribution in [0.3, 0.4) is 0 Å². The van der Waals surface area contributed by atoms with Crippen LogP contribution in [0.4, 0.5) is 5.69 Å². The SMILES string of the molecule is Cc1ccc(S(=O)(=O)N(C)c2ccc(C(=O)N3CCNC(=O)C3)cc2)cc1. The molecule has 7 nitrogen and oxygen atoms in total. The Balaban J connectivity index is 1.79. The van der Waals surface area contributed by atoms with Gasteiger partial charge in [0.15, 0.2) is 0 Å². The number of piperazine rings is 1. The Labute approximate surface area is 158 Å². The standard InChI is InChI=1S/C19H21N3O4S/c1-14-3-9-17(10-4-14)27(25,26)21(2)16-7-5-15(6-8-16)19(24)22-12-11-20-18(23)13-22/h3-10H,11-13H2,1-2H3,(H,20,23). The van der Waals surface area contributed by atoms with Crippen LogP contribution >= 0.6 is 0 Å². The maximum absolute atomic E-state index is 12.8. The fraction of sp³-hybridized carbons (Fsp3) is 0.263. The molecule has 8 heteroatoms. The molecule has 0 aliphatic carbocycles. The van der Waals surface area contributed by atoms with Crippen molar-refractivity contribution in [3.8, 4) is 0 Å². The minimum Gasteiger partial charge on any atom is -0.353 e. The van der Waals surface area contributed by atoms with Crippen molar-refractivity contribution in [1.82, 2.24) is 10.2 Å². The van der Waals surface area contributed by atoms with Crippen LogP contribution < -0.4 is 9.62 Å². The van der Waals surface area contributed by atoms with Gasteiger partial charge in [0.05, 0.1) is 17.1 Å². The molecule has 1 heterocycles. The Hall–Kier alpha value is -2.87. The summed E-state index contributed by atoms with van der Waals surface area (Å²) in [5.41, 5.74) is 1.84. The summed E-state index contributed by atoms with van der Waals surface area (Å²) in [4.78, 5) is 25.6. The van der Waals surface area contributed by atoms with Gasteiger partial charge >= 0.3 is 0 Å². The summed E-state index contributed by atoms with van der Waals surface area (Å²) in [7, 11) is -2.21. The molecular weight excluding hydrogens is 366 g/mol. The first-order valence-corrected chi connectivity index (χ1v) is 9.95. The van der Waals surface area contributed by atoms with Crippen molar-refractivity contribution in [3.63, 3.8) is 0 Å². The molecule has 0 bridgehead atoms. The van der Waals surface area contributed by atoms with E-state index in [0.717, 1.165) is 5.56 Å². The van der Waals surface area contributed by atoms with Gasteiger partial charge in [-0.15, -0.1) is 0 Å². The van der Waals surface area contributed by atoms with Crippen molar-refractivity contribution >= 4 is 27.5 Å². The van der Waals surface area contributed by atoms with Gasteiger partial charge in [0, 0.05) is 25.7 Å². The van der Waals surface area contributed by atoms with E-state index in [1.807, 2.05) is 6.92 Å². The zero-order chi connectivity index (χ0) is 19.6. The Kier molecular flexibility index (Phi) is 5.18. The normalized spacial score (nSPS) is 14.6. The van der Waals surface area contributed by atoms with Crippen LogP contribution in [0.25, 0.3) is 0 Å². The predicted molar refractivity (Wildman–Crippen MR) is 102 cm³/mol. The number of rotatable bonds is 4. The molecule has 27 heavy (non-hydrogen) atoms. The van der Waals surface area contributed by atoms with Gasteiger partial charge < -0.3 is 10.2 Å². The van der Waals surface area contributed by atoms with Gasteiger partial charge in [-0.25, -0.2) is 8.42 Å². The van der Waals surface area contributed by atoms with E-state index in [2.05, 4.69) is 5.32 Å². The van der Waals surface area contributed by atoms with Crippen LogP contribution in [0.2, 0.25) is 0 Å². The molecule has 2 amide bonds. The van der Waals surface area contributed by atoms with Crippen LogP contribution in [-0.2, 0) is 14.8 Å².